The minimum atomic E-state index is -1.22. The lowest BCUT2D eigenvalue weighted by atomic mass is 10.8. The molecular weight excluding hydrogens is 352 g/mol. The van der Waals surface area contributed by atoms with Gasteiger partial charge in [0.25, 0.3) is 16.4 Å². The Bertz CT molecular complexity index is 148. The molecule has 0 rings (SSSR count). The number of carbonyl (C=O) groups excluding carboxylic acids is 2. The predicted octanol–water partition coefficient (Wildman–Crippen LogP) is 1.50. The van der Waals surface area contributed by atoms with Gasteiger partial charge in [0.1, 0.15) is 0 Å². The number of hydrogen-bond acceptors (Lipinski definition) is 4. The summed E-state index contributed by atoms with van der Waals surface area (Å²) in [6.45, 7) is 0.441. The third-order valence-electron chi connectivity index (χ3n) is 0.644. The van der Waals surface area contributed by atoms with Gasteiger partial charge < -0.3 is 9.47 Å². The van der Waals surface area contributed by atoms with Gasteiger partial charge >= 0.3 is 0 Å². The van der Waals surface area contributed by atoms with Gasteiger partial charge in [-0.1, -0.05) is 0 Å². The number of ether oxygens (including phenoxy) is 2. The summed E-state index contributed by atoms with van der Waals surface area (Å²) in [4.78, 5) is 19.7. The van der Waals surface area contributed by atoms with E-state index in [1.54, 1.807) is 0 Å². The fourth-order valence-corrected chi connectivity index (χ4v) is 0.810. The van der Waals surface area contributed by atoms with Gasteiger partial charge in [-0.15, -0.1) is 0 Å². The van der Waals surface area contributed by atoms with E-state index < -0.39 is 8.43 Å². The molecule has 0 fully saturated rings. The van der Waals surface area contributed by atoms with E-state index in [0.29, 0.717) is 0 Å². The molecule has 0 aliphatic heterocycles. The lowest BCUT2D eigenvalue weighted by Gasteiger charge is -2.21. The molecule has 0 heterocycles. The first-order chi connectivity index (χ1) is 5.04. The van der Waals surface area contributed by atoms with E-state index >= 15 is 0 Å². The van der Waals surface area contributed by atoms with Gasteiger partial charge in [0.15, 0.2) is 0 Å². The van der Waals surface area contributed by atoms with Crippen molar-refractivity contribution >= 4 is 60.7 Å². The fraction of sp³-hybridized carbons (Fsp3) is 0.500. The van der Waals surface area contributed by atoms with Gasteiger partial charge in [-0.05, 0) is 47.8 Å². The van der Waals surface area contributed by atoms with Gasteiger partial charge in [-0.25, -0.2) is 0 Å². The van der Waals surface area contributed by atoms with E-state index in [0.717, 1.165) is 0 Å². The van der Waals surface area contributed by atoms with Crippen LogP contribution in [0.25, 0.3) is 0 Å². The van der Waals surface area contributed by atoms with Crippen LogP contribution in [0.15, 0.2) is 0 Å². The standard InChI is InChI=1S/C4H3Br3O4/c5-3(10-1-8)4(6,7)11-2-9/h1-3H. The molecule has 0 aromatic carbocycles. The third-order valence-corrected chi connectivity index (χ3v) is 3.94. The molecule has 0 bridgehead atoms. The molecule has 4 nitrogen and oxygen atoms in total. The van der Waals surface area contributed by atoms with E-state index in [-0.39, 0.29) is 12.9 Å². The molecule has 0 aromatic heterocycles. The summed E-state index contributed by atoms with van der Waals surface area (Å²) in [5.74, 6) is 0. The smallest absolute Gasteiger partial charge is 0.295 e. The molecule has 64 valence electrons. The second-order valence-corrected chi connectivity index (χ2v) is 5.58. The number of alkyl halides is 3. The van der Waals surface area contributed by atoms with Crippen molar-refractivity contribution in [1.82, 2.24) is 0 Å². The van der Waals surface area contributed by atoms with Gasteiger partial charge in [0, 0.05) is 0 Å². The first-order valence-electron chi connectivity index (χ1n) is 2.27. The Kier molecular flexibility index (Phi) is 5.28. The van der Waals surface area contributed by atoms with Crippen molar-refractivity contribution in [2.24, 2.45) is 0 Å². The Morgan fingerprint density at radius 3 is 2.18 bits per heavy atom. The fourth-order valence-electron chi connectivity index (χ4n) is 0.246. The Labute approximate surface area is 88.0 Å². The summed E-state index contributed by atoms with van der Waals surface area (Å²) >= 11 is 8.81. The lowest BCUT2D eigenvalue weighted by Crippen LogP contribution is -2.29. The van der Waals surface area contributed by atoms with Crippen molar-refractivity contribution in [1.29, 1.82) is 0 Å². The summed E-state index contributed by atoms with van der Waals surface area (Å²) in [5, 5.41) is -0.794. The molecule has 0 saturated carbocycles. The molecule has 0 aromatic rings. The Hall–Kier alpha value is 0.380. The van der Waals surface area contributed by atoms with Crippen LogP contribution in [0.2, 0.25) is 0 Å². The highest BCUT2D eigenvalue weighted by Gasteiger charge is 2.35. The highest BCUT2D eigenvalue weighted by molar-refractivity contribution is 9.26. The monoisotopic (exact) mass is 352 g/mol. The summed E-state index contributed by atoms with van der Waals surface area (Å²) in [5.41, 5.74) is 0. The van der Waals surface area contributed by atoms with Crippen LogP contribution >= 0.6 is 47.8 Å². The second kappa shape index (κ2) is 5.10. The molecule has 0 amide bonds. The largest absolute Gasteiger partial charge is 0.447 e. The highest BCUT2D eigenvalue weighted by Crippen LogP contribution is 2.35. The van der Waals surface area contributed by atoms with Crippen molar-refractivity contribution < 1.29 is 19.1 Å². The molecule has 0 saturated heterocycles. The zero-order chi connectivity index (χ0) is 8.91. The molecule has 1 atom stereocenters. The van der Waals surface area contributed by atoms with Crippen molar-refractivity contribution in [3.8, 4) is 0 Å². The maximum Gasteiger partial charge on any atom is 0.295 e. The molecule has 1 unspecified atom stereocenters. The average Bonchev–Trinajstić information content (AvgIpc) is 1.88. The predicted molar refractivity (Wildman–Crippen MR) is 47.6 cm³/mol. The second-order valence-electron chi connectivity index (χ2n) is 1.32. The number of rotatable bonds is 5. The van der Waals surface area contributed by atoms with Crippen LogP contribution in [0, 0.1) is 0 Å². The van der Waals surface area contributed by atoms with Crippen LogP contribution in [0.3, 0.4) is 0 Å². The number of halogens is 3. The SMILES string of the molecule is O=COC(Br)C(Br)(Br)OC=O. The minimum Gasteiger partial charge on any atom is -0.447 e. The van der Waals surface area contributed by atoms with Crippen molar-refractivity contribution in [2.75, 3.05) is 0 Å². The molecule has 0 aliphatic rings. The summed E-state index contributed by atoms with van der Waals surface area (Å²) in [7, 11) is 0. The Morgan fingerprint density at radius 1 is 1.27 bits per heavy atom. The molecule has 0 N–H and O–H groups in total. The normalized spacial score (nSPS) is 13.4. The first-order valence-corrected chi connectivity index (χ1v) is 4.77. The Morgan fingerprint density at radius 2 is 1.82 bits per heavy atom. The van der Waals surface area contributed by atoms with E-state index in [4.69, 9.17) is 0 Å². The molecular formula is C4H3Br3O4. The molecule has 11 heavy (non-hydrogen) atoms. The number of hydrogen-bond donors (Lipinski definition) is 0. The van der Waals surface area contributed by atoms with Crippen LogP contribution in [-0.4, -0.2) is 21.4 Å². The maximum atomic E-state index is 9.88. The van der Waals surface area contributed by atoms with Gasteiger partial charge in [-0.3, -0.25) is 9.59 Å². The third kappa shape index (κ3) is 4.07. The van der Waals surface area contributed by atoms with E-state index in [1.165, 1.54) is 0 Å². The summed E-state index contributed by atoms with van der Waals surface area (Å²) < 4.78 is 7.66. The average molecular weight is 355 g/mol. The zero-order valence-corrected chi connectivity index (χ0v) is 9.76. The number of carbonyl (C=O) groups is 2. The van der Waals surface area contributed by atoms with Crippen LogP contribution in [-0.2, 0) is 19.1 Å². The van der Waals surface area contributed by atoms with Gasteiger partial charge in [0.2, 0.25) is 5.01 Å². The summed E-state index contributed by atoms with van der Waals surface area (Å²) in [6.07, 6.45) is 0. The van der Waals surface area contributed by atoms with Crippen molar-refractivity contribution in [2.45, 2.75) is 8.43 Å². The lowest BCUT2D eigenvalue weighted by molar-refractivity contribution is -0.140. The van der Waals surface area contributed by atoms with E-state index in [1.807, 2.05) is 0 Å². The van der Waals surface area contributed by atoms with Crippen LogP contribution in [0.1, 0.15) is 0 Å². The van der Waals surface area contributed by atoms with E-state index in [9.17, 15) is 9.59 Å². The van der Waals surface area contributed by atoms with Crippen LogP contribution < -0.4 is 0 Å². The van der Waals surface area contributed by atoms with Crippen molar-refractivity contribution in [3.63, 3.8) is 0 Å². The zero-order valence-electron chi connectivity index (χ0n) is 5.00. The van der Waals surface area contributed by atoms with Crippen LogP contribution in [0.4, 0.5) is 0 Å². The van der Waals surface area contributed by atoms with E-state index in [2.05, 4.69) is 57.3 Å². The quantitative estimate of drug-likeness (QED) is 0.554. The maximum absolute atomic E-state index is 9.88. The van der Waals surface area contributed by atoms with Gasteiger partial charge in [0.05, 0.1) is 0 Å². The molecule has 7 heteroatoms. The Balaban J connectivity index is 4.03. The topological polar surface area (TPSA) is 52.6 Å². The summed E-state index contributed by atoms with van der Waals surface area (Å²) in [6, 6.07) is 0. The minimum absolute atomic E-state index is 0.214. The first kappa shape index (κ1) is 11.4. The molecule has 0 radical (unpaired) electrons. The van der Waals surface area contributed by atoms with Gasteiger partial charge in [-0.2, -0.15) is 0 Å². The molecule has 0 aliphatic carbocycles. The van der Waals surface area contributed by atoms with Crippen LogP contribution in [0.5, 0.6) is 0 Å². The molecule has 0 spiro atoms. The highest BCUT2D eigenvalue weighted by atomic mass is 79.9. The van der Waals surface area contributed by atoms with Crippen molar-refractivity contribution in [3.05, 3.63) is 0 Å².